The fourth-order valence-corrected chi connectivity index (χ4v) is 3.73. The molecule has 0 unspecified atom stereocenters. The van der Waals surface area contributed by atoms with Crippen LogP contribution >= 0.6 is 11.3 Å². The summed E-state index contributed by atoms with van der Waals surface area (Å²) < 4.78 is 12.9. The molecule has 0 fully saturated rings. The van der Waals surface area contributed by atoms with Crippen molar-refractivity contribution in [1.29, 1.82) is 0 Å². The zero-order valence-electron chi connectivity index (χ0n) is 15.4. The Balaban J connectivity index is 2.12. The Morgan fingerprint density at radius 3 is 2.70 bits per heavy atom. The number of aryl methyl sites for hydroxylation is 1. The molecule has 3 rings (SSSR count). The van der Waals surface area contributed by atoms with Crippen LogP contribution in [0.25, 0.3) is 10.2 Å². The number of aromatic nitrogens is 1. The van der Waals surface area contributed by atoms with Gasteiger partial charge in [0, 0.05) is 5.56 Å². The van der Waals surface area contributed by atoms with E-state index in [4.69, 9.17) is 9.47 Å². The smallest absolute Gasteiger partial charge is 0.325 e. The van der Waals surface area contributed by atoms with Crippen molar-refractivity contribution in [3.8, 4) is 5.75 Å². The Kier molecular flexibility index (Phi) is 5.71. The predicted molar refractivity (Wildman–Crippen MR) is 104 cm³/mol. The average Bonchev–Trinajstić information content (AvgIpc) is 2.98. The van der Waals surface area contributed by atoms with Crippen LogP contribution in [0.15, 0.2) is 47.5 Å². The van der Waals surface area contributed by atoms with Crippen LogP contribution in [0.5, 0.6) is 5.75 Å². The van der Waals surface area contributed by atoms with Crippen molar-refractivity contribution in [2.24, 2.45) is 4.99 Å². The van der Waals surface area contributed by atoms with E-state index < -0.39 is 5.97 Å². The fraction of sp³-hybridized carbons (Fsp3) is 0.250. The van der Waals surface area contributed by atoms with E-state index in [9.17, 15) is 9.59 Å². The van der Waals surface area contributed by atoms with Gasteiger partial charge in [0.2, 0.25) is 0 Å². The summed E-state index contributed by atoms with van der Waals surface area (Å²) in [6.07, 6.45) is 0. The van der Waals surface area contributed by atoms with E-state index in [-0.39, 0.29) is 12.5 Å². The first kappa shape index (κ1) is 18.8. The van der Waals surface area contributed by atoms with Crippen molar-refractivity contribution >= 4 is 33.4 Å². The van der Waals surface area contributed by atoms with Crippen LogP contribution < -0.4 is 9.54 Å². The summed E-state index contributed by atoms with van der Waals surface area (Å²) in [5.74, 6) is -0.0324. The van der Waals surface area contributed by atoms with Crippen LogP contribution in [0, 0.1) is 6.92 Å². The quantitative estimate of drug-likeness (QED) is 0.633. The number of rotatable bonds is 5. The van der Waals surface area contributed by atoms with Gasteiger partial charge >= 0.3 is 5.97 Å². The van der Waals surface area contributed by atoms with Crippen LogP contribution in [0.2, 0.25) is 0 Å². The number of amides is 1. The lowest BCUT2D eigenvalue weighted by molar-refractivity contribution is -0.141. The minimum atomic E-state index is -0.409. The predicted octanol–water partition coefficient (Wildman–Crippen LogP) is 3.32. The molecule has 0 atom stereocenters. The van der Waals surface area contributed by atoms with Crippen molar-refractivity contribution in [3.63, 3.8) is 0 Å². The highest BCUT2D eigenvalue weighted by Gasteiger charge is 2.13. The van der Waals surface area contributed by atoms with E-state index in [0.29, 0.717) is 17.0 Å². The van der Waals surface area contributed by atoms with Gasteiger partial charge in [-0.1, -0.05) is 29.0 Å². The zero-order chi connectivity index (χ0) is 19.4. The largest absolute Gasteiger partial charge is 0.494 e. The molecular formula is C20H20N2O4S. The Labute approximate surface area is 160 Å². The van der Waals surface area contributed by atoms with Gasteiger partial charge in [0.1, 0.15) is 12.3 Å². The van der Waals surface area contributed by atoms with E-state index in [1.807, 2.05) is 44.2 Å². The normalized spacial score (nSPS) is 11.6. The highest BCUT2D eigenvalue weighted by molar-refractivity contribution is 7.16. The maximum absolute atomic E-state index is 12.6. The summed E-state index contributed by atoms with van der Waals surface area (Å²) in [7, 11) is 1.33. The second-order valence-corrected chi connectivity index (χ2v) is 6.90. The van der Waals surface area contributed by atoms with Crippen LogP contribution in [0.4, 0.5) is 0 Å². The van der Waals surface area contributed by atoms with Crippen LogP contribution in [-0.4, -0.2) is 30.2 Å². The van der Waals surface area contributed by atoms with Gasteiger partial charge in [-0.15, -0.1) is 0 Å². The number of thiazole rings is 1. The van der Waals surface area contributed by atoms with Crippen LogP contribution in [-0.2, 0) is 16.1 Å². The monoisotopic (exact) mass is 384 g/mol. The van der Waals surface area contributed by atoms with E-state index in [2.05, 4.69) is 4.99 Å². The molecule has 140 valence electrons. The topological polar surface area (TPSA) is 69.9 Å². The van der Waals surface area contributed by atoms with Gasteiger partial charge in [0.25, 0.3) is 5.91 Å². The average molecular weight is 384 g/mol. The molecule has 0 saturated carbocycles. The molecule has 6 nitrogen and oxygen atoms in total. The third kappa shape index (κ3) is 4.25. The number of esters is 1. The Bertz CT molecular complexity index is 1070. The summed E-state index contributed by atoms with van der Waals surface area (Å²) in [5.41, 5.74) is 2.29. The van der Waals surface area contributed by atoms with Gasteiger partial charge in [0.15, 0.2) is 4.80 Å². The number of ether oxygens (including phenoxy) is 2. The van der Waals surface area contributed by atoms with Gasteiger partial charge < -0.3 is 14.0 Å². The summed E-state index contributed by atoms with van der Waals surface area (Å²) in [6, 6.07) is 12.8. The third-order valence-corrected chi connectivity index (χ3v) is 4.98. The molecule has 0 bridgehead atoms. The number of carbonyl (C=O) groups is 2. The highest BCUT2D eigenvalue weighted by Crippen LogP contribution is 2.23. The lowest BCUT2D eigenvalue weighted by Crippen LogP contribution is -2.22. The number of hydrogen-bond acceptors (Lipinski definition) is 5. The highest BCUT2D eigenvalue weighted by atomic mass is 32.1. The van der Waals surface area contributed by atoms with E-state index >= 15 is 0 Å². The minimum Gasteiger partial charge on any atom is -0.494 e. The number of methoxy groups -OCH3 is 1. The summed E-state index contributed by atoms with van der Waals surface area (Å²) >= 11 is 1.33. The maximum Gasteiger partial charge on any atom is 0.325 e. The first-order valence-electron chi connectivity index (χ1n) is 8.50. The Morgan fingerprint density at radius 1 is 1.19 bits per heavy atom. The minimum absolute atomic E-state index is 0.0234. The fourth-order valence-electron chi connectivity index (χ4n) is 2.67. The first-order valence-corrected chi connectivity index (χ1v) is 9.32. The van der Waals surface area contributed by atoms with Crippen LogP contribution in [0.1, 0.15) is 22.8 Å². The molecule has 0 saturated heterocycles. The van der Waals surface area contributed by atoms with Gasteiger partial charge in [-0.05, 0) is 44.2 Å². The summed E-state index contributed by atoms with van der Waals surface area (Å²) in [6.45, 7) is 4.37. The lowest BCUT2D eigenvalue weighted by Gasteiger charge is -2.05. The van der Waals surface area contributed by atoms with E-state index in [1.54, 1.807) is 16.7 Å². The molecule has 1 aromatic heterocycles. The lowest BCUT2D eigenvalue weighted by atomic mass is 10.1. The number of fused-ring (bicyclic) bond motifs is 1. The molecule has 0 N–H and O–H groups in total. The van der Waals surface area contributed by atoms with E-state index in [1.165, 1.54) is 18.4 Å². The van der Waals surface area contributed by atoms with Gasteiger partial charge in [-0.3, -0.25) is 9.59 Å². The molecular weight excluding hydrogens is 364 g/mol. The van der Waals surface area contributed by atoms with Crippen molar-refractivity contribution in [2.45, 2.75) is 20.4 Å². The molecule has 2 aromatic carbocycles. The van der Waals surface area contributed by atoms with Crippen LogP contribution in [0.3, 0.4) is 0 Å². The number of nitrogens with zero attached hydrogens (tertiary/aromatic N) is 2. The molecule has 1 heterocycles. The molecule has 0 radical (unpaired) electrons. The Morgan fingerprint density at radius 2 is 2.00 bits per heavy atom. The summed E-state index contributed by atoms with van der Waals surface area (Å²) in [5, 5.41) is 0. The van der Waals surface area contributed by atoms with Crippen molar-refractivity contribution < 1.29 is 19.1 Å². The second kappa shape index (κ2) is 8.18. The van der Waals surface area contributed by atoms with Gasteiger partial charge in [0.05, 0.1) is 23.9 Å². The van der Waals surface area contributed by atoms with E-state index in [0.717, 1.165) is 21.5 Å². The number of hydrogen-bond donors (Lipinski definition) is 0. The molecule has 1 amide bonds. The molecule has 0 spiro atoms. The second-order valence-electron chi connectivity index (χ2n) is 5.90. The molecule has 0 aliphatic heterocycles. The standard InChI is InChI=1S/C20H20N2O4S/c1-4-26-15-8-9-16-17(11-15)27-20(22(16)12-18(23)25-3)21-19(24)14-7-5-6-13(2)10-14/h5-11H,4,12H2,1-3H3. The van der Waals surface area contributed by atoms with Crippen molar-refractivity contribution in [2.75, 3.05) is 13.7 Å². The molecule has 0 aliphatic carbocycles. The number of benzene rings is 2. The molecule has 3 aromatic rings. The zero-order valence-corrected chi connectivity index (χ0v) is 16.2. The third-order valence-electron chi connectivity index (χ3n) is 3.94. The van der Waals surface area contributed by atoms with Crippen molar-refractivity contribution in [1.82, 2.24) is 4.57 Å². The van der Waals surface area contributed by atoms with Gasteiger partial charge in [-0.2, -0.15) is 4.99 Å². The van der Waals surface area contributed by atoms with Gasteiger partial charge in [-0.25, -0.2) is 0 Å². The van der Waals surface area contributed by atoms with Crippen molar-refractivity contribution in [3.05, 3.63) is 58.4 Å². The maximum atomic E-state index is 12.6. The molecule has 0 aliphatic rings. The Hall–Kier alpha value is -2.93. The molecule has 7 heteroatoms. The first-order chi connectivity index (χ1) is 13.0. The SMILES string of the molecule is CCOc1ccc2c(c1)sc(=NC(=O)c1cccc(C)c1)n2CC(=O)OC. The number of carbonyl (C=O) groups excluding carboxylic acids is 2. The summed E-state index contributed by atoms with van der Waals surface area (Å²) in [4.78, 5) is 29.2. The molecule has 27 heavy (non-hydrogen) atoms.